The average molecular weight is 437 g/mol. The number of alkyl halides is 2. The molecule has 3 rings (SSSR count). The predicted molar refractivity (Wildman–Crippen MR) is 126 cm³/mol. The van der Waals surface area contributed by atoms with Crippen molar-refractivity contribution in [3.05, 3.63) is 36.0 Å². The van der Waals surface area contributed by atoms with Crippen molar-refractivity contribution < 1.29 is 8.78 Å². The Morgan fingerprint density at radius 2 is 1.83 bits per heavy atom. The number of aromatic nitrogens is 1. The molecule has 1 unspecified atom stereocenters. The van der Waals surface area contributed by atoms with E-state index in [9.17, 15) is 8.78 Å². The number of hydrogen-bond acceptors (Lipinski definition) is 4. The van der Waals surface area contributed by atoms with Gasteiger partial charge >= 0.3 is 0 Å². The molecule has 1 aliphatic heterocycles. The lowest BCUT2D eigenvalue weighted by Crippen LogP contribution is -2.40. The van der Waals surface area contributed by atoms with Crippen molar-refractivity contribution in [2.45, 2.75) is 32.4 Å². The van der Waals surface area contributed by atoms with Gasteiger partial charge in [0, 0.05) is 55.6 Å². The van der Waals surface area contributed by atoms with Crippen LogP contribution in [-0.4, -0.2) is 67.6 Å². The highest BCUT2D eigenvalue weighted by atomic mass is 31.0. The second-order valence-electron chi connectivity index (χ2n) is 8.40. The molecule has 0 saturated carbocycles. The molecule has 1 aliphatic rings. The van der Waals surface area contributed by atoms with E-state index in [1.807, 2.05) is 6.07 Å². The van der Waals surface area contributed by atoms with Gasteiger partial charge in [-0.15, -0.1) is 0 Å². The van der Waals surface area contributed by atoms with Crippen molar-refractivity contribution in [2.75, 3.05) is 57.8 Å². The third-order valence-corrected chi connectivity index (χ3v) is 6.65. The fourth-order valence-electron chi connectivity index (χ4n) is 4.36. The van der Waals surface area contributed by atoms with Gasteiger partial charge in [0.05, 0.1) is 5.52 Å². The van der Waals surface area contributed by atoms with Crippen LogP contribution in [0.4, 0.5) is 14.5 Å². The van der Waals surface area contributed by atoms with Crippen LogP contribution in [0.25, 0.3) is 10.9 Å². The van der Waals surface area contributed by atoms with Crippen molar-refractivity contribution in [3.8, 4) is 0 Å². The first-order valence-electron chi connectivity index (χ1n) is 11.0. The predicted octanol–water partition coefficient (Wildman–Crippen LogP) is 4.65. The van der Waals surface area contributed by atoms with Crippen molar-refractivity contribution in [1.29, 1.82) is 0 Å². The zero-order chi connectivity index (χ0) is 21.7. The van der Waals surface area contributed by atoms with E-state index >= 15 is 0 Å². The zero-order valence-electron chi connectivity index (χ0n) is 18.5. The Morgan fingerprint density at radius 3 is 2.47 bits per heavy atom. The fraction of sp³-hybridized carbons (Fsp3) is 0.609. The van der Waals surface area contributed by atoms with E-state index < -0.39 is 5.66 Å². The summed E-state index contributed by atoms with van der Waals surface area (Å²) in [6.07, 6.45) is 4.03. The normalized spacial score (nSPS) is 16.2. The molecule has 1 saturated heterocycles. The first-order valence-corrected chi connectivity index (χ1v) is 11.6. The van der Waals surface area contributed by atoms with Gasteiger partial charge in [-0.25, -0.2) is 0 Å². The molecular weight excluding hydrogens is 401 g/mol. The fourth-order valence-corrected chi connectivity index (χ4v) is 4.53. The van der Waals surface area contributed by atoms with Crippen LogP contribution in [0.2, 0.25) is 0 Å². The zero-order valence-corrected chi connectivity index (χ0v) is 19.6. The summed E-state index contributed by atoms with van der Waals surface area (Å²) >= 11 is 0. The summed E-state index contributed by atoms with van der Waals surface area (Å²) in [7, 11) is 3.85. The molecule has 7 heteroatoms. The maximum Gasteiger partial charge on any atom is 0.283 e. The summed E-state index contributed by atoms with van der Waals surface area (Å²) in [5, 5.41) is 0.812. The number of rotatable bonds is 9. The third kappa shape index (κ3) is 5.87. The average Bonchev–Trinajstić information content (AvgIpc) is 2.73. The molecule has 1 atom stereocenters. The minimum atomic E-state index is -2.93. The molecule has 0 amide bonds. The third-order valence-electron chi connectivity index (χ3n) is 6.32. The van der Waals surface area contributed by atoms with Gasteiger partial charge in [-0.3, -0.25) is 4.98 Å². The number of halogens is 2. The molecule has 1 aromatic heterocycles. The van der Waals surface area contributed by atoms with E-state index in [4.69, 9.17) is 0 Å². The molecule has 1 aromatic carbocycles. The van der Waals surface area contributed by atoms with Crippen LogP contribution in [0.5, 0.6) is 0 Å². The molecule has 2 heterocycles. The van der Waals surface area contributed by atoms with Crippen LogP contribution in [0.15, 0.2) is 30.5 Å². The maximum absolute atomic E-state index is 13.8. The van der Waals surface area contributed by atoms with Gasteiger partial charge < -0.3 is 14.7 Å². The summed E-state index contributed by atoms with van der Waals surface area (Å²) in [5.74, 6) is 0.683. The lowest BCUT2D eigenvalue weighted by atomic mass is 9.95. The first-order chi connectivity index (χ1) is 14.3. The molecule has 4 nitrogen and oxygen atoms in total. The summed E-state index contributed by atoms with van der Waals surface area (Å²) in [6.45, 7) is 11.9. The monoisotopic (exact) mass is 436 g/mol. The van der Waals surface area contributed by atoms with Gasteiger partial charge in [0.15, 0.2) is 0 Å². The SMILES string of the molecule is CCN(CC)CCN(C)CC1CCN(c2ccnc3ccc(C(F)(F)P)cc23)CC1. The van der Waals surface area contributed by atoms with E-state index in [0.29, 0.717) is 5.92 Å². The van der Waals surface area contributed by atoms with Crippen LogP contribution in [0.1, 0.15) is 32.3 Å². The summed E-state index contributed by atoms with van der Waals surface area (Å²) in [5.41, 5.74) is -1.13. The highest BCUT2D eigenvalue weighted by Gasteiger charge is 2.26. The molecule has 166 valence electrons. The molecule has 0 radical (unpaired) electrons. The first kappa shape index (κ1) is 23.3. The Kier molecular flexibility index (Phi) is 8.00. The lowest BCUT2D eigenvalue weighted by Gasteiger charge is -2.36. The van der Waals surface area contributed by atoms with E-state index in [0.717, 1.165) is 75.2 Å². The Balaban J connectivity index is 1.61. The minimum absolute atomic E-state index is 0.0129. The smallest absolute Gasteiger partial charge is 0.283 e. The van der Waals surface area contributed by atoms with Crippen LogP contribution < -0.4 is 4.90 Å². The van der Waals surface area contributed by atoms with E-state index in [1.54, 1.807) is 27.6 Å². The summed E-state index contributed by atoms with van der Waals surface area (Å²) < 4.78 is 27.6. The van der Waals surface area contributed by atoms with Crippen LogP contribution >= 0.6 is 9.24 Å². The largest absolute Gasteiger partial charge is 0.371 e. The maximum atomic E-state index is 13.8. The highest BCUT2D eigenvalue weighted by Crippen LogP contribution is 2.38. The summed E-state index contributed by atoms with van der Waals surface area (Å²) in [4.78, 5) is 11.6. The van der Waals surface area contributed by atoms with Crippen LogP contribution in [0, 0.1) is 5.92 Å². The summed E-state index contributed by atoms with van der Waals surface area (Å²) in [6, 6.07) is 6.72. The quantitative estimate of drug-likeness (QED) is 0.534. The number of fused-ring (bicyclic) bond motifs is 1. The molecular formula is C23H35F2N4P. The van der Waals surface area contributed by atoms with E-state index in [1.165, 1.54) is 6.07 Å². The van der Waals surface area contributed by atoms with Gasteiger partial charge in [0.25, 0.3) is 5.66 Å². The van der Waals surface area contributed by atoms with E-state index in [-0.39, 0.29) is 5.56 Å². The second-order valence-corrected chi connectivity index (χ2v) is 9.13. The van der Waals surface area contributed by atoms with Gasteiger partial charge in [0.2, 0.25) is 0 Å². The molecule has 2 aromatic rings. The Morgan fingerprint density at radius 1 is 1.13 bits per heavy atom. The standard InChI is InChI=1S/C23H35F2N4P/c1-4-28(5-2)15-14-27(3)17-18-9-12-29(13-10-18)22-8-11-26-21-7-6-19(16-20(21)22)23(24,25)30/h6-8,11,16,18H,4-5,9-10,12-15,17,30H2,1-3H3. The number of anilines is 1. The lowest BCUT2D eigenvalue weighted by molar-refractivity contribution is 0.104. The minimum Gasteiger partial charge on any atom is -0.371 e. The van der Waals surface area contributed by atoms with E-state index in [2.05, 4.69) is 40.6 Å². The molecule has 30 heavy (non-hydrogen) atoms. The van der Waals surface area contributed by atoms with Crippen molar-refractivity contribution >= 4 is 25.8 Å². The molecule has 1 fully saturated rings. The molecule has 0 aliphatic carbocycles. The molecule has 0 bridgehead atoms. The van der Waals surface area contributed by atoms with Gasteiger partial charge in [-0.05, 0) is 57.1 Å². The number of nitrogens with zero attached hydrogens (tertiary/aromatic N) is 4. The number of piperidine rings is 1. The Hall–Kier alpha value is -1.36. The topological polar surface area (TPSA) is 22.6 Å². The van der Waals surface area contributed by atoms with Crippen LogP contribution in [0.3, 0.4) is 0 Å². The van der Waals surface area contributed by atoms with Crippen LogP contribution in [-0.2, 0) is 5.66 Å². The molecule has 0 N–H and O–H groups in total. The van der Waals surface area contributed by atoms with Crippen molar-refractivity contribution in [2.24, 2.45) is 5.92 Å². The Labute approximate surface area is 181 Å². The van der Waals surface area contributed by atoms with Gasteiger partial charge in [0.1, 0.15) is 0 Å². The van der Waals surface area contributed by atoms with Crippen molar-refractivity contribution in [3.63, 3.8) is 0 Å². The van der Waals surface area contributed by atoms with Gasteiger partial charge in [-0.2, -0.15) is 8.78 Å². The highest BCUT2D eigenvalue weighted by molar-refractivity contribution is 7.17. The van der Waals surface area contributed by atoms with Crippen molar-refractivity contribution in [1.82, 2.24) is 14.8 Å². The number of hydrogen-bond donors (Lipinski definition) is 0. The number of pyridine rings is 1. The number of likely N-dealkylation sites (N-methyl/N-ethyl adjacent to an activating group) is 2. The molecule has 0 spiro atoms. The van der Waals surface area contributed by atoms with Gasteiger partial charge in [-0.1, -0.05) is 29.2 Å². The Bertz CT molecular complexity index is 814. The number of benzene rings is 1. The second kappa shape index (κ2) is 10.3.